The van der Waals surface area contributed by atoms with Crippen molar-refractivity contribution in [2.75, 3.05) is 12.4 Å². The molecule has 160 valence electrons. The minimum absolute atomic E-state index is 0.00794. The number of fused-ring (bicyclic) bond motifs is 1. The van der Waals surface area contributed by atoms with Gasteiger partial charge >= 0.3 is 6.61 Å². The summed E-state index contributed by atoms with van der Waals surface area (Å²) in [6.07, 6.45) is 4.72. The lowest BCUT2D eigenvalue weighted by atomic mass is 9.80. The first kappa shape index (κ1) is 20.7. The van der Waals surface area contributed by atoms with Crippen molar-refractivity contribution >= 4 is 22.8 Å². The molecule has 1 aliphatic carbocycles. The third-order valence-electron chi connectivity index (χ3n) is 5.27. The average Bonchev–Trinajstić information content (AvgIpc) is 3.13. The van der Waals surface area contributed by atoms with E-state index in [1.54, 1.807) is 0 Å². The second kappa shape index (κ2) is 8.31. The Morgan fingerprint density at radius 2 is 2.23 bits per heavy atom. The summed E-state index contributed by atoms with van der Waals surface area (Å²) in [7, 11) is 0. The Balaban J connectivity index is 1.48. The normalized spacial score (nSPS) is 28.3. The first-order valence-corrected chi connectivity index (χ1v) is 10.3. The van der Waals surface area contributed by atoms with E-state index in [1.807, 2.05) is 0 Å². The maximum absolute atomic E-state index is 14.8. The quantitative estimate of drug-likeness (QED) is 0.731. The topological polar surface area (TPSA) is 98.8 Å². The predicted octanol–water partition coefficient (Wildman–Crippen LogP) is 2.96. The number of hydrogen-bond acceptors (Lipinski definition) is 7. The van der Waals surface area contributed by atoms with Crippen LogP contribution in [0.1, 0.15) is 23.3 Å². The van der Waals surface area contributed by atoms with Crippen LogP contribution >= 0.6 is 11.8 Å². The van der Waals surface area contributed by atoms with Crippen LogP contribution in [-0.2, 0) is 4.74 Å². The van der Waals surface area contributed by atoms with Crippen molar-refractivity contribution in [1.29, 1.82) is 0 Å². The standard InChI is InChI=1S/C19H19F3N4O3S/c20-14-3-1-11(25-16(27)15-4-2-12(8-24-15)29-17(21)22)7-13(14)19-10(5-6-28-19)9-30-18(23)26-19/h1-4,8,10,13,17H,5-7,9H2,(H2,23,26)(H,25,27)/t10-,13?,19+/m0/s1. The molecule has 2 aliphatic heterocycles. The molecule has 1 aromatic rings. The van der Waals surface area contributed by atoms with Gasteiger partial charge in [-0.3, -0.25) is 4.79 Å². The number of nitrogens with one attached hydrogen (secondary N) is 1. The third-order valence-corrected chi connectivity index (χ3v) is 6.23. The highest BCUT2D eigenvalue weighted by Gasteiger charge is 2.54. The fourth-order valence-electron chi connectivity index (χ4n) is 3.88. The summed E-state index contributed by atoms with van der Waals surface area (Å²) in [4.78, 5) is 20.8. The van der Waals surface area contributed by atoms with Crippen LogP contribution in [0.25, 0.3) is 0 Å². The first-order valence-electron chi connectivity index (χ1n) is 9.28. The largest absolute Gasteiger partial charge is 0.433 e. The van der Waals surface area contributed by atoms with E-state index in [0.717, 1.165) is 12.6 Å². The van der Waals surface area contributed by atoms with Gasteiger partial charge in [-0.25, -0.2) is 14.4 Å². The lowest BCUT2D eigenvalue weighted by molar-refractivity contribution is -0.0533. The molecule has 3 heterocycles. The summed E-state index contributed by atoms with van der Waals surface area (Å²) in [5.41, 5.74) is 5.30. The fraction of sp³-hybridized carbons (Fsp3) is 0.421. The zero-order valence-electron chi connectivity index (χ0n) is 15.7. The molecule has 0 radical (unpaired) electrons. The lowest BCUT2D eigenvalue weighted by Crippen LogP contribution is -2.48. The van der Waals surface area contributed by atoms with Gasteiger partial charge in [0.05, 0.1) is 18.7 Å². The maximum Gasteiger partial charge on any atom is 0.387 e. The van der Waals surface area contributed by atoms with Gasteiger partial charge in [0.2, 0.25) is 0 Å². The summed E-state index contributed by atoms with van der Waals surface area (Å²) in [5.74, 6) is -1.07. The Morgan fingerprint density at radius 1 is 1.40 bits per heavy atom. The molecule has 0 saturated carbocycles. The van der Waals surface area contributed by atoms with E-state index in [9.17, 15) is 18.0 Å². The number of pyridine rings is 1. The number of carbonyl (C=O) groups excluding carboxylic acids is 1. The van der Waals surface area contributed by atoms with Gasteiger partial charge in [-0.1, -0.05) is 11.8 Å². The first-order chi connectivity index (χ1) is 14.4. The Morgan fingerprint density at radius 3 is 2.97 bits per heavy atom. The van der Waals surface area contributed by atoms with E-state index >= 15 is 0 Å². The highest BCUT2D eigenvalue weighted by Crippen LogP contribution is 2.49. The number of thioether (sulfide) groups is 1. The number of rotatable bonds is 5. The number of carbonyl (C=O) groups is 1. The Hall–Kier alpha value is -2.53. The molecular weight excluding hydrogens is 421 g/mol. The SMILES string of the molecule is NC1=N[C@@]2(C3CC(NC(=O)c4ccc(OC(F)F)cn4)=CC=C3F)OCC[C@H]2CS1. The van der Waals surface area contributed by atoms with Gasteiger partial charge in [0.25, 0.3) is 5.91 Å². The number of hydrogen-bond donors (Lipinski definition) is 2. The minimum Gasteiger partial charge on any atom is -0.433 e. The van der Waals surface area contributed by atoms with Gasteiger partial charge in [-0.15, -0.1) is 0 Å². The van der Waals surface area contributed by atoms with E-state index in [4.69, 9.17) is 10.5 Å². The summed E-state index contributed by atoms with van der Waals surface area (Å²) < 4.78 is 49.4. The number of nitrogens with zero attached hydrogens (tertiary/aromatic N) is 2. The average molecular weight is 440 g/mol. The second-order valence-corrected chi connectivity index (χ2v) is 8.10. The monoisotopic (exact) mass is 440 g/mol. The molecule has 1 amide bonds. The maximum atomic E-state index is 14.8. The highest BCUT2D eigenvalue weighted by atomic mass is 32.2. The summed E-state index contributed by atoms with van der Waals surface area (Å²) in [6, 6.07) is 2.49. The zero-order chi connectivity index (χ0) is 21.3. The summed E-state index contributed by atoms with van der Waals surface area (Å²) in [5, 5.41) is 3.05. The van der Waals surface area contributed by atoms with Crippen molar-refractivity contribution in [2.45, 2.75) is 25.2 Å². The van der Waals surface area contributed by atoms with Crippen LogP contribution in [0.15, 0.2) is 47.0 Å². The number of ether oxygens (including phenoxy) is 2. The van der Waals surface area contributed by atoms with Crippen LogP contribution in [0.2, 0.25) is 0 Å². The van der Waals surface area contributed by atoms with Crippen molar-refractivity contribution in [3.63, 3.8) is 0 Å². The van der Waals surface area contributed by atoms with E-state index < -0.39 is 24.2 Å². The molecule has 3 N–H and O–H groups in total. The molecule has 0 bridgehead atoms. The van der Waals surface area contributed by atoms with E-state index in [2.05, 4.69) is 20.0 Å². The zero-order valence-corrected chi connectivity index (χ0v) is 16.5. The molecule has 0 aromatic carbocycles. The van der Waals surface area contributed by atoms with Gasteiger partial charge < -0.3 is 20.5 Å². The number of halogens is 3. The molecule has 7 nitrogen and oxygen atoms in total. The van der Waals surface area contributed by atoms with E-state index in [0.29, 0.717) is 23.2 Å². The van der Waals surface area contributed by atoms with Crippen LogP contribution in [0.5, 0.6) is 5.75 Å². The molecule has 30 heavy (non-hydrogen) atoms. The lowest BCUT2D eigenvalue weighted by Gasteiger charge is -2.40. The number of nitrogens with two attached hydrogens (primary N) is 1. The third kappa shape index (κ3) is 4.04. The van der Waals surface area contributed by atoms with Crippen LogP contribution in [0.4, 0.5) is 13.2 Å². The van der Waals surface area contributed by atoms with Crippen molar-refractivity contribution in [1.82, 2.24) is 10.3 Å². The number of aromatic nitrogens is 1. The predicted molar refractivity (Wildman–Crippen MR) is 105 cm³/mol. The molecular formula is C19H19F3N4O3S. The molecule has 1 fully saturated rings. The minimum atomic E-state index is -2.98. The van der Waals surface area contributed by atoms with Gasteiger partial charge in [0, 0.05) is 23.8 Å². The molecule has 3 aliphatic rings. The fourth-order valence-corrected chi connectivity index (χ4v) is 4.87. The summed E-state index contributed by atoms with van der Waals surface area (Å²) in [6.45, 7) is -2.51. The van der Waals surface area contributed by atoms with Crippen molar-refractivity contribution in [3.8, 4) is 5.75 Å². The van der Waals surface area contributed by atoms with Gasteiger partial charge in [0.15, 0.2) is 10.9 Å². The van der Waals surface area contributed by atoms with Gasteiger partial charge in [-0.05, 0) is 30.7 Å². The molecule has 1 unspecified atom stereocenters. The van der Waals surface area contributed by atoms with Crippen LogP contribution < -0.4 is 15.8 Å². The summed E-state index contributed by atoms with van der Waals surface area (Å²) >= 11 is 1.43. The molecule has 1 saturated heterocycles. The number of aliphatic imine (C=N–C) groups is 1. The van der Waals surface area contributed by atoms with Crippen molar-refractivity contribution < 1.29 is 27.4 Å². The van der Waals surface area contributed by atoms with Crippen LogP contribution in [-0.4, -0.2) is 40.8 Å². The van der Waals surface area contributed by atoms with Crippen LogP contribution in [0, 0.1) is 11.8 Å². The Bertz CT molecular complexity index is 922. The number of alkyl halides is 2. The Labute approximate surface area is 174 Å². The molecule has 3 atom stereocenters. The van der Waals surface area contributed by atoms with E-state index in [-0.39, 0.29) is 29.6 Å². The van der Waals surface area contributed by atoms with E-state index in [1.165, 1.54) is 36.0 Å². The number of amides is 1. The molecule has 11 heteroatoms. The van der Waals surface area contributed by atoms with Crippen LogP contribution in [0.3, 0.4) is 0 Å². The number of amidine groups is 1. The second-order valence-electron chi connectivity index (χ2n) is 7.06. The van der Waals surface area contributed by atoms with Gasteiger partial charge in [0.1, 0.15) is 17.3 Å². The van der Waals surface area contributed by atoms with Gasteiger partial charge in [-0.2, -0.15) is 8.78 Å². The molecule has 4 rings (SSSR count). The molecule has 0 spiro atoms. The Kier molecular flexibility index (Phi) is 5.74. The van der Waals surface area contributed by atoms with Crippen molar-refractivity contribution in [3.05, 3.63) is 47.7 Å². The van der Waals surface area contributed by atoms with Crippen molar-refractivity contribution in [2.24, 2.45) is 22.6 Å². The smallest absolute Gasteiger partial charge is 0.387 e. The number of allylic oxidation sites excluding steroid dienone is 3. The highest BCUT2D eigenvalue weighted by molar-refractivity contribution is 8.13. The molecule has 1 aromatic heterocycles.